The van der Waals surface area contributed by atoms with Gasteiger partial charge in [0.15, 0.2) is 3.77 Å². The largest absolute Gasteiger partial charge is 0.451 e. The molecule has 2 amide bonds. The molecule has 0 aliphatic carbocycles. The molecule has 1 aromatic rings. The van der Waals surface area contributed by atoms with Gasteiger partial charge in [-0.05, 0) is 53.6 Å². The van der Waals surface area contributed by atoms with E-state index in [-0.39, 0.29) is 18.4 Å². The van der Waals surface area contributed by atoms with Gasteiger partial charge in [-0.2, -0.15) is 0 Å². The topological polar surface area (TPSA) is 62.6 Å². The Labute approximate surface area is 125 Å². The Hall–Kier alpha value is -1.31. The van der Waals surface area contributed by atoms with E-state index in [1.165, 1.54) is 6.08 Å². The molecule has 1 aromatic heterocycles. The van der Waals surface area contributed by atoms with E-state index in [0.717, 1.165) is 29.7 Å². The molecule has 0 spiro atoms. The van der Waals surface area contributed by atoms with E-state index in [1.807, 2.05) is 6.07 Å². The number of nitrogens with one attached hydrogen (secondary N) is 1. The zero-order chi connectivity index (χ0) is 13.7. The van der Waals surface area contributed by atoms with Crippen molar-refractivity contribution in [1.29, 1.82) is 0 Å². The second-order valence-electron chi connectivity index (χ2n) is 4.28. The van der Waals surface area contributed by atoms with Crippen molar-refractivity contribution in [3.05, 3.63) is 27.7 Å². The normalized spacial score (nSPS) is 15.1. The lowest BCUT2D eigenvalue weighted by atomic mass is 10.4. The van der Waals surface area contributed by atoms with Crippen molar-refractivity contribution in [2.24, 2.45) is 0 Å². The Morgan fingerprint density at radius 3 is 2.74 bits per heavy atom. The molecule has 2 heterocycles. The van der Waals surface area contributed by atoms with Crippen LogP contribution in [-0.2, 0) is 9.59 Å². The fraction of sp³-hybridized carbons (Fsp3) is 0.385. The average molecular weight is 374 g/mol. The van der Waals surface area contributed by atoms with E-state index in [4.69, 9.17) is 4.42 Å². The quantitative estimate of drug-likeness (QED) is 0.644. The van der Waals surface area contributed by atoms with Crippen LogP contribution in [-0.4, -0.2) is 36.3 Å². The SMILES string of the molecule is O=C(/C=C/c1ccc(I)o1)NCC(=O)N1CCCC1. The highest BCUT2D eigenvalue weighted by molar-refractivity contribution is 14.1. The molecule has 0 unspecified atom stereocenters. The lowest BCUT2D eigenvalue weighted by Crippen LogP contribution is -2.38. The summed E-state index contributed by atoms with van der Waals surface area (Å²) in [4.78, 5) is 25.0. The molecule has 1 fully saturated rings. The van der Waals surface area contributed by atoms with E-state index in [0.29, 0.717) is 5.76 Å². The van der Waals surface area contributed by atoms with Crippen LogP contribution in [0.2, 0.25) is 0 Å². The maximum Gasteiger partial charge on any atom is 0.244 e. The summed E-state index contributed by atoms with van der Waals surface area (Å²) < 4.78 is 6.05. The van der Waals surface area contributed by atoms with E-state index >= 15 is 0 Å². The van der Waals surface area contributed by atoms with Crippen molar-refractivity contribution in [1.82, 2.24) is 10.2 Å². The molecule has 0 radical (unpaired) electrons. The second-order valence-corrected chi connectivity index (χ2v) is 5.34. The van der Waals surface area contributed by atoms with Crippen molar-refractivity contribution in [2.45, 2.75) is 12.8 Å². The number of halogens is 1. The van der Waals surface area contributed by atoms with Gasteiger partial charge in [-0.3, -0.25) is 9.59 Å². The number of hydrogen-bond donors (Lipinski definition) is 1. The van der Waals surface area contributed by atoms with Crippen LogP contribution in [0.5, 0.6) is 0 Å². The standard InChI is InChI=1S/C13H15IN2O3/c14-11-5-3-10(19-11)4-6-12(17)15-9-13(18)16-7-1-2-8-16/h3-6H,1-2,7-9H2,(H,15,17)/b6-4+. The van der Waals surface area contributed by atoms with E-state index < -0.39 is 0 Å². The molecule has 1 saturated heterocycles. The first-order valence-electron chi connectivity index (χ1n) is 6.14. The van der Waals surface area contributed by atoms with Gasteiger partial charge in [0.05, 0.1) is 6.54 Å². The Kier molecular flexibility index (Phi) is 5.00. The lowest BCUT2D eigenvalue weighted by Gasteiger charge is -2.14. The molecule has 5 nitrogen and oxygen atoms in total. The number of carbonyl (C=O) groups excluding carboxylic acids is 2. The molecule has 0 aromatic carbocycles. The molecule has 102 valence electrons. The predicted octanol–water partition coefficient (Wildman–Crippen LogP) is 1.64. The molecule has 6 heteroatoms. The molecular formula is C13H15IN2O3. The molecular weight excluding hydrogens is 359 g/mol. The van der Waals surface area contributed by atoms with Gasteiger partial charge in [-0.1, -0.05) is 0 Å². The third-order valence-electron chi connectivity index (χ3n) is 2.87. The molecule has 0 saturated carbocycles. The number of hydrogen-bond acceptors (Lipinski definition) is 3. The molecule has 19 heavy (non-hydrogen) atoms. The fourth-order valence-electron chi connectivity index (χ4n) is 1.88. The molecule has 0 atom stereocenters. The van der Waals surface area contributed by atoms with E-state index in [9.17, 15) is 9.59 Å². The summed E-state index contributed by atoms with van der Waals surface area (Å²) >= 11 is 2.05. The number of nitrogens with zero attached hydrogens (tertiary/aromatic N) is 1. The van der Waals surface area contributed by atoms with Crippen molar-refractivity contribution >= 4 is 40.5 Å². The van der Waals surface area contributed by atoms with Crippen molar-refractivity contribution in [3.8, 4) is 0 Å². The zero-order valence-electron chi connectivity index (χ0n) is 10.4. The third-order valence-corrected chi connectivity index (χ3v) is 3.45. The van der Waals surface area contributed by atoms with Crippen LogP contribution in [0, 0.1) is 3.77 Å². The summed E-state index contributed by atoms with van der Waals surface area (Å²) in [5.41, 5.74) is 0. The number of amides is 2. The smallest absolute Gasteiger partial charge is 0.244 e. The second kappa shape index (κ2) is 6.74. The highest BCUT2D eigenvalue weighted by Crippen LogP contribution is 2.11. The Balaban J connectivity index is 1.75. The Bertz CT molecular complexity index is 490. The molecule has 0 bridgehead atoms. The summed E-state index contributed by atoms with van der Waals surface area (Å²) in [6, 6.07) is 3.59. The van der Waals surface area contributed by atoms with Gasteiger partial charge in [-0.25, -0.2) is 0 Å². The van der Waals surface area contributed by atoms with Crippen molar-refractivity contribution in [2.75, 3.05) is 19.6 Å². The van der Waals surface area contributed by atoms with Crippen LogP contribution in [0.15, 0.2) is 22.6 Å². The maximum absolute atomic E-state index is 11.7. The highest BCUT2D eigenvalue weighted by Gasteiger charge is 2.17. The molecule has 2 rings (SSSR count). The van der Waals surface area contributed by atoms with Crippen LogP contribution in [0.1, 0.15) is 18.6 Å². The maximum atomic E-state index is 11.7. The van der Waals surface area contributed by atoms with Crippen LogP contribution < -0.4 is 5.32 Å². The summed E-state index contributed by atoms with van der Waals surface area (Å²) in [6.07, 6.45) is 5.05. The molecule has 1 aliphatic heterocycles. The van der Waals surface area contributed by atoms with Crippen LogP contribution in [0.25, 0.3) is 6.08 Å². The summed E-state index contributed by atoms with van der Waals surface area (Å²) in [5.74, 6) is 0.302. The first-order chi connectivity index (χ1) is 9.15. The highest BCUT2D eigenvalue weighted by atomic mass is 127. The van der Waals surface area contributed by atoms with Gasteiger partial charge in [-0.15, -0.1) is 0 Å². The van der Waals surface area contributed by atoms with Crippen molar-refractivity contribution in [3.63, 3.8) is 0 Å². The summed E-state index contributed by atoms with van der Waals surface area (Å²) in [6.45, 7) is 1.66. The average Bonchev–Trinajstić information content (AvgIpc) is 3.04. The first kappa shape index (κ1) is 14.1. The summed E-state index contributed by atoms with van der Waals surface area (Å²) in [7, 11) is 0. The fourth-order valence-corrected chi connectivity index (χ4v) is 2.31. The van der Waals surface area contributed by atoms with Gasteiger partial charge in [0, 0.05) is 19.2 Å². The predicted molar refractivity (Wildman–Crippen MR) is 79.3 cm³/mol. The minimum atomic E-state index is -0.293. The van der Waals surface area contributed by atoms with Crippen molar-refractivity contribution < 1.29 is 14.0 Å². The monoisotopic (exact) mass is 374 g/mol. The van der Waals surface area contributed by atoms with Gasteiger partial charge in [0.1, 0.15) is 5.76 Å². The number of rotatable bonds is 4. The first-order valence-corrected chi connectivity index (χ1v) is 7.22. The van der Waals surface area contributed by atoms with Crippen LogP contribution >= 0.6 is 22.6 Å². The van der Waals surface area contributed by atoms with Gasteiger partial charge in [0.2, 0.25) is 11.8 Å². The summed E-state index contributed by atoms with van der Waals surface area (Å²) in [5, 5.41) is 2.58. The van der Waals surface area contributed by atoms with E-state index in [2.05, 4.69) is 27.9 Å². The van der Waals surface area contributed by atoms with Gasteiger partial charge >= 0.3 is 0 Å². The van der Waals surface area contributed by atoms with Gasteiger partial charge in [0.25, 0.3) is 0 Å². The number of likely N-dealkylation sites (tertiary alicyclic amines) is 1. The Morgan fingerprint density at radius 1 is 1.37 bits per heavy atom. The Morgan fingerprint density at radius 2 is 2.11 bits per heavy atom. The minimum absolute atomic E-state index is 0.0215. The zero-order valence-corrected chi connectivity index (χ0v) is 12.6. The van der Waals surface area contributed by atoms with Crippen LogP contribution in [0.3, 0.4) is 0 Å². The van der Waals surface area contributed by atoms with Crippen LogP contribution in [0.4, 0.5) is 0 Å². The molecule has 1 N–H and O–H groups in total. The number of furan rings is 1. The van der Waals surface area contributed by atoms with Gasteiger partial charge < -0.3 is 14.6 Å². The molecule has 1 aliphatic rings. The lowest BCUT2D eigenvalue weighted by molar-refractivity contribution is -0.131. The van der Waals surface area contributed by atoms with E-state index in [1.54, 1.807) is 17.0 Å². The third kappa shape index (κ3) is 4.38. The minimum Gasteiger partial charge on any atom is -0.451 e. The number of carbonyl (C=O) groups is 2.